The van der Waals surface area contributed by atoms with Crippen molar-refractivity contribution in [1.29, 1.82) is 0 Å². The molecule has 88 valence electrons. The molecule has 1 amide bonds. The summed E-state index contributed by atoms with van der Waals surface area (Å²) in [5.74, 6) is 0.0960. The van der Waals surface area contributed by atoms with Crippen LogP contribution in [-0.4, -0.2) is 35.4 Å². The summed E-state index contributed by atoms with van der Waals surface area (Å²) in [7, 11) is 1.81. The van der Waals surface area contributed by atoms with Gasteiger partial charge in [0.25, 0.3) is 0 Å². The Morgan fingerprint density at radius 3 is 2.88 bits per heavy atom. The van der Waals surface area contributed by atoms with E-state index < -0.39 is 0 Å². The zero-order valence-corrected chi connectivity index (χ0v) is 10.3. The van der Waals surface area contributed by atoms with Crippen LogP contribution in [0.15, 0.2) is 18.5 Å². The molecular weight excluding hydrogens is 202 g/mol. The molecule has 0 saturated carbocycles. The van der Waals surface area contributed by atoms with Crippen LogP contribution in [0.25, 0.3) is 0 Å². The fraction of sp³-hybridized carbons (Fsp3) is 0.500. The van der Waals surface area contributed by atoms with Gasteiger partial charge in [0.2, 0.25) is 5.91 Å². The first-order chi connectivity index (χ1) is 7.56. The molecule has 1 atom stereocenters. The van der Waals surface area contributed by atoms with Gasteiger partial charge in [-0.05, 0) is 32.4 Å². The Balaban J connectivity index is 2.68. The first-order valence-corrected chi connectivity index (χ1v) is 5.48. The third-order valence-corrected chi connectivity index (χ3v) is 2.61. The summed E-state index contributed by atoms with van der Waals surface area (Å²) in [6, 6.07) is 1.66. The molecule has 1 aromatic rings. The largest absolute Gasteiger partial charge is 0.374 e. The summed E-state index contributed by atoms with van der Waals surface area (Å²) in [6.45, 7) is 6.52. The molecule has 1 rings (SSSR count). The Morgan fingerprint density at radius 2 is 2.31 bits per heavy atom. The summed E-state index contributed by atoms with van der Waals surface area (Å²) < 4.78 is 0. The molecule has 16 heavy (non-hydrogen) atoms. The van der Waals surface area contributed by atoms with E-state index in [1.54, 1.807) is 24.3 Å². The predicted octanol–water partition coefficient (Wildman–Crippen LogP) is 1.67. The highest BCUT2D eigenvalue weighted by atomic mass is 16.2. The molecule has 1 unspecified atom stereocenters. The first-order valence-electron chi connectivity index (χ1n) is 5.48. The molecule has 4 heteroatoms. The molecule has 0 aliphatic rings. The highest BCUT2D eigenvalue weighted by Gasteiger charge is 2.16. The van der Waals surface area contributed by atoms with E-state index >= 15 is 0 Å². The van der Waals surface area contributed by atoms with E-state index in [1.807, 2.05) is 26.8 Å². The Hall–Kier alpha value is -1.58. The highest BCUT2D eigenvalue weighted by molar-refractivity contribution is 5.84. The van der Waals surface area contributed by atoms with Crippen molar-refractivity contribution in [3.8, 4) is 0 Å². The SMILES string of the molecule is CCN(C)C(=O)C(C)Nc1ccncc1C. The minimum atomic E-state index is -0.217. The topological polar surface area (TPSA) is 45.2 Å². The molecule has 1 N–H and O–H groups in total. The molecule has 0 spiro atoms. The lowest BCUT2D eigenvalue weighted by Crippen LogP contribution is -2.38. The van der Waals surface area contributed by atoms with Crippen LogP contribution in [0.4, 0.5) is 5.69 Å². The lowest BCUT2D eigenvalue weighted by Gasteiger charge is -2.21. The molecule has 0 aliphatic carbocycles. The van der Waals surface area contributed by atoms with E-state index in [4.69, 9.17) is 0 Å². The molecular formula is C12H19N3O. The van der Waals surface area contributed by atoms with Crippen molar-refractivity contribution < 1.29 is 4.79 Å². The monoisotopic (exact) mass is 221 g/mol. The number of pyridine rings is 1. The second-order valence-corrected chi connectivity index (χ2v) is 3.91. The Bertz CT molecular complexity index is 365. The van der Waals surface area contributed by atoms with E-state index in [0.717, 1.165) is 17.8 Å². The second kappa shape index (κ2) is 5.49. The molecule has 0 radical (unpaired) electrons. The van der Waals surface area contributed by atoms with Crippen molar-refractivity contribution in [2.45, 2.75) is 26.8 Å². The Labute approximate surface area is 96.7 Å². The summed E-state index contributed by atoms with van der Waals surface area (Å²) in [5, 5.41) is 3.19. The van der Waals surface area contributed by atoms with Gasteiger partial charge in [0.15, 0.2) is 0 Å². The van der Waals surface area contributed by atoms with Crippen LogP contribution < -0.4 is 5.32 Å². The molecule has 0 bridgehead atoms. The van der Waals surface area contributed by atoms with Crippen molar-refractivity contribution in [3.05, 3.63) is 24.0 Å². The van der Waals surface area contributed by atoms with E-state index in [2.05, 4.69) is 10.3 Å². The molecule has 1 heterocycles. The van der Waals surface area contributed by atoms with E-state index in [9.17, 15) is 4.79 Å². The van der Waals surface area contributed by atoms with Crippen LogP contribution in [0, 0.1) is 6.92 Å². The average Bonchev–Trinajstić information content (AvgIpc) is 2.30. The van der Waals surface area contributed by atoms with Gasteiger partial charge in [-0.15, -0.1) is 0 Å². The highest BCUT2D eigenvalue weighted by Crippen LogP contribution is 2.13. The van der Waals surface area contributed by atoms with Crippen molar-refractivity contribution >= 4 is 11.6 Å². The number of hydrogen-bond acceptors (Lipinski definition) is 3. The van der Waals surface area contributed by atoms with E-state index in [-0.39, 0.29) is 11.9 Å². The number of aryl methyl sites for hydroxylation is 1. The zero-order chi connectivity index (χ0) is 12.1. The minimum absolute atomic E-state index is 0.0960. The summed E-state index contributed by atoms with van der Waals surface area (Å²) in [5.41, 5.74) is 2.00. The summed E-state index contributed by atoms with van der Waals surface area (Å²) >= 11 is 0. The molecule has 0 fully saturated rings. The maximum absolute atomic E-state index is 11.8. The van der Waals surface area contributed by atoms with E-state index in [0.29, 0.717) is 0 Å². The van der Waals surface area contributed by atoms with Gasteiger partial charge in [-0.3, -0.25) is 9.78 Å². The third-order valence-electron chi connectivity index (χ3n) is 2.61. The number of carbonyl (C=O) groups is 1. The number of nitrogens with one attached hydrogen (secondary N) is 1. The lowest BCUT2D eigenvalue weighted by molar-refractivity contribution is -0.130. The third kappa shape index (κ3) is 2.95. The summed E-state index contributed by atoms with van der Waals surface area (Å²) in [4.78, 5) is 17.6. The van der Waals surface area contributed by atoms with Crippen molar-refractivity contribution in [3.63, 3.8) is 0 Å². The number of rotatable bonds is 4. The fourth-order valence-electron chi connectivity index (χ4n) is 1.42. The van der Waals surface area contributed by atoms with Crippen LogP contribution in [0.5, 0.6) is 0 Å². The Morgan fingerprint density at radius 1 is 1.62 bits per heavy atom. The van der Waals surface area contributed by atoms with Crippen LogP contribution in [0.2, 0.25) is 0 Å². The van der Waals surface area contributed by atoms with Crippen LogP contribution in [-0.2, 0) is 4.79 Å². The average molecular weight is 221 g/mol. The van der Waals surface area contributed by atoms with Gasteiger partial charge >= 0.3 is 0 Å². The maximum Gasteiger partial charge on any atom is 0.244 e. The van der Waals surface area contributed by atoms with Gasteiger partial charge in [0.05, 0.1) is 0 Å². The van der Waals surface area contributed by atoms with Gasteiger partial charge < -0.3 is 10.2 Å². The maximum atomic E-state index is 11.8. The van der Waals surface area contributed by atoms with Crippen LogP contribution in [0.1, 0.15) is 19.4 Å². The van der Waals surface area contributed by atoms with Gasteiger partial charge in [-0.2, -0.15) is 0 Å². The number of nitrogens with zero attached hydrogens (tertiary/aromatic N) is 2. The minimum Gasteiger partial charge on any atom is -0.374 e. The zero-order valence-electron chi connectivity index (χ0n) is 10.3. The standard InChI is InChI=1S/C12H19N3O/c1-5-15(4)12(16)10(3)14-11-6-7-13-8-9(11)2/h6-8,10H,5H2,1-4H3,(H,13,14). The molecule has 4 nitrogen and oxygen atoms in total. The van der Waals surface area contributed by atoms with Gasteiger partial charge in [0.1, 0.15) is 6.04 Å². The van der Waals surface area contributed by atoms with Gasteiger partial charge in [0, 0.05) is 31.7 Å². The van der Waals surface area contributed by atoms with Crippen molar-refractivity contribution in [2.24, 2.45) is 0 Å². The molecule has 0 saturated heterocycles. The lowest BCUT2D eigenvalue weighted by atomic mass is 10.2. The fourth-order valence-corrected chi connectivity index (χ4v) is 1.42. The van der Waals surface area contributed by atoms with E-state index in [1.165, 1.54) is 0 Å². The number of carbonyl (C=O) groups excluding carboxylic acids is 1. The second-order valence-electron chi connectivity index (χ2n) is 3.91. The Kier molecular flexibility index (Phi) is 4.28. The van der Waals surface area contributed by atoms with Gasteiger partial charge in [-0.25, -0.2) is 0 Å². The van der Waals surface area contributed by atoms with Crippen LogP contribution >= 0.6 is 0 Å². The van der Waals surface area contributed by atoms with Crippen molar-refractivity contribution in [1.82, 2.24) is 9.88 Å². The normalized spacial score (nSPS) is 12.0. The van der Waals surface area contributed by atoms with Gasteiger partial charge in [-0.1, -0.05) is 0 Å². The smallest absolute Gasteiger partial charge is 0.244 e. The molecule has 1 aromatic heterocycles. The van der Waals surface area contributed by atoms with Crippen LogP contribution in [0.3, 0.4) is 0 Å². The molecule has 0 aliphatic heterocycles. The summed E-state index contributed by atoms with van der Waals surface area (Å²) in [6.07, 6.45) is 3.50. The first kappa shape index (κ1) is 12.5. The molecule has 0 aromatic carbocycles. The number of amides is 1. The number of anilines is 1. The number of aromatic nitrogens is 1. The van der Waals surface area contributed by atoms with Crippen molar-refractivity contribution in [2.75, 3.05) is 18.9 Å². The number of likely N-dealkylation sites (N-methyl/N-ethyl adjacent to an activating group) is 1. The number of hydrogen-bond donors (Lipinski definition) is 1. The predicted molar refractivity (Wildman–Crippen MR) is 65.4 cm³/mol. The quantitative estimate of drug-likeness (QED) is 0.841.